The van der Waals surface area contributed by atoms with Crippen molar-refractivity contribution in [2.24, 2.45) is 0 Å². The first-order valence-electron chi connectivity index (χ1n) is 11.5. The number of carboxylic acid groups (broad SMARTS) is 1. The first-order valence-corrected chi connectivity index (χ1v) is 13.0. The number of benzene rings is 4. The van der Waals surface area contributed by atoms with Gasteiger partial charge in [0, 0.05) is 0 Å². The van der Waals surface area contributed by atoms with Crippen LogP contribution < -0.4 is 4.72 Å². The summed E-state index contributed by atoms with van der Waals surface area (Å²) < 4.78 is 28.0. The maximum Gasteiger partial charge on any atom is 0.322 e. The van der Waals surface area contributed by atoms with E-state index in [1.807, 2.05) is 36.4 Å². The lowest BCUT2D eigenvalue weighted by atomic mass is 10.0. The highest BCUT2D eigenvalue weighted by Crippen LogP contribution is 2.23. The van der Waals surface area contributed by atoms with Gasteiger partial charge in [-0.05, 0) is 53.3 Å². The maximum absolute atomic E-state index is 12.9. The molecule has 0 bridgehead atoms. The molecule has 0 fully saturated rings. The van der Waals surface area contributed by atoms with Gasteiger partial charge in [0.15, 0.2) is 0 Å². The summed E-state index contributed by atoms with van der Waals surface area (Å²) in [6.07, 6.45) is 4.16. The van der Waals surface area contributed by atoms with E-state index in [1.165, 1.54) is 17.7 Å². The largest absolute Gasteiger partial charge is 0.480 e. The molecular weight excluding hydrogens is 470 g/mol. The Bertz CT molecular complexity index is 1440. The molecule has 6 heteroatoms. The van der Waals surface area contributed by atoms with E-state index in [9.17, 15) is 18.3 Å². The number of carbonyl (C=O) groups is 1. The standard InChI is InChI=1S/C30H27NO4S/c1-22-7-9-23(10-8-22)11-12-24-13-15-26(16-14-24)27-17-19-28(20-18-27)36(34,35)31-29(30(32)33)21-25-5-3-2-4-6-25/h2-20,29,31H,21H2,1H3,(H,32,33). The molecular formula is C30H27NO4S. The average Bonchev–Trinajstić information content (AvgIpc) is 2.89. The smallest absolute Gasteiger partial charge is 0.322 e. The summed E-state index contributed by atoms with van der Waals surface area (Å²) >= 11 is 0. The van der Waals surface area contributed by atoms with E-state index in [0.717, 1.165) is 27.8 Å². The van der Waals surface area contributed by atoms with Gasteiger partial charge in [0.2, 0.25) is 10.0 Å². The SMILES string of the molecule is Cc1ccc(C=Cc2ccc(-c3ccc(S(=O)(=O)NC(Cc4ccccc4)C(=O)O)cc3)cc2)cc1. The highest BCUT2D eigenvalue weighted by atomic mass is 32.2. The van der Waals surface area contributed by atoms with E-state index in [4.69, 9.17) is 0 Å². The third-order valence-electron chi connectivity index (χ3n) is 5.83. The third-order valence-corrected chi connectivity index (χ3v) is 7.32. The average molecular weight is 498 g/mol. The van der Waals surface area contributed by atoms with E-state index >= 15 is 0 Å². The second-order valence-electron chi connectivity index (χ2n) is 8.59. The summed E-state index contributed by atoms with van der Waals surface area (Å²) in [5.74, 6) is -1.23. The van der Waals surface area contributed by atoms with E-state index in [0.29, 0.717) is 0 Å². The fourth-order valence-electron chi connectivity index (χ4n) is 3.77. The molecule has 0 radical (unpaired) electrons. The van der Waals surface area contributed by atoms with Crippen LogP contribution in [-0.2, 0) is 21.2 Å². The second kappa shape index (κ2) is 11.2. The molecule has 0 aliphatic heterocycles. The molecule has 0 saturated heterocycles. The number of hydrogen-bond acceptors (Lipinski definition) is 3. The van der Waals surface area contributed by atoms with Crippen molar-refractivity contribution in [3.63, 3.8) is 0 Å². The van der Waals surface area contributed by atoms with Crippen molar-refractivity contribution in [2.45, 2.75) is 24.3 Å². The Labute approximate surface area is 211 Å². The predicted octanol–water partition coefficient (Wildman–Crippen LogP) is 5.81. The third kappa shape index (κ3) is 6.56. The van der Waals surface area contributed by atoms with Gasteiger partial charge in [0.25, 0.3) is 0 Å². The highest BCUT2D eigenvalue weighted by molar-refractivity contribution is 7.89. The Kier molecular flexibility index (Phi) is 7.78. The summed E-state index contributed by atoms with van der Waals surface area (Å²) in [6, 6.07) is 30.4. The number of carboxylic acids is 1. The molecule has 36 heavy (non-hydrogen) atoms. The lowest BCUT2D eigenvalue weighted by Gasteiger charge is -2.15. The van der Waals surface area contributed by atoms with Gasteiger partial charge < -0.3 is 5.11 Å². The molecule has 0 aromatic heterocycles. The zero-order chi connectivity index (χ0) is 25.5. The Balaban J connectivity index is 1.44. The number of rotatable bonds is 9. The van der Waals surface area contributed by atoms with Crippen LogP contribution in [0.3, 0.4) is 0 Å². The Morgan fingerprint density at radius 2 is 1.28 bits per heavy atom. The summed E-state index contributed by atoms with van der Waals surface area (Å²) in [5.41, 5.74) is 5.96. The molecule has 5 nitrogen and oxygen atoms in total. The van der Waals surface area contributed by atoms with Crippen LogP contribution in [0, 0.1) is 6.92 Å². The predicted molar refractivity (Wildman–Crippen MR) is 144 cm³/mol. The molecule has 0 amide bonds. The molecule has 2 N–H and O–H groups in total. The van der Waals surface area contributed by atoms with Crippen LogP contribution in [0.2, 0.25) is 0 Å². The molecule has 4 aromatic carbocycles. The minimum Gasteiger partial charge on any atom is -0.480 e. The van der Waals surface area contributed by atoms with Crippen LogP contribution in [0.1, 0.15) is 22.3 Å². The molecule has 1 unspecified atom stereocenters. The lowest BCUT2D eigenvalue weighted by Crippen LogP contribution is -2.42. The Hall–Kier alpha value is -4.00. The minimum atomic E-state index is -4.01. The van der Waals surface area contributed by atoms with Crippen molar-refractivity contribution in [2.75, 3.05) is 0 Å². The first-order chi connectivity index (χ1) is 17.3. The maximum atomic E-state index is 12.9. The fraction of sp³-hybridized carbons (Fsp3) is 0.100. The number of nitrogens with one attached hydrogen (secondary N) is 1. The number of aryl methyl sites for hydroxylation is 1. The summed E-state index contributed by atoms with van der Waals surface area (Å²) in [4.78, 5) is 11.7. The summed E-state index contributed by atoms with van der Waals surface area (Å²) in [5, 5.41) is 9.54. The monoisotopic (exact) mass is 497 g/mol. The van der Waals surface area contributed by atoms with Crippen LogP contribution >= 0.6 is 0 Å². The van der Waals surface area contributed by atoms with Gasteiger partial charge >= 0.3 is 5.97 Å². The lowest BCUT2D eigenvalue weighted by molar-refractivity contribution is -0.138. The summed E-state index contributed by atoms with van der Waals surface area (Å²) in [6.45, 7) is 2.06. The molecule has 4 aromatic rings. The van der Waals surface area contributed by atoms with Crippen molar-refractivity contribution in [3.05, 3.63) is 125 Å². The van der Waals surface area contributed by atoms with Crippen LogP contribution in [-0.4, -0.2) is 25.5 Å². The number of aliphatic carboxylic acids is 1. The topological polar surface area (TPSA) is 83.5 Å². The van der Waals surface area contributed by atoms with Gasteiger partial charge in [-0.15, -0.1) is 0 Å². The van der Waals surface area contributed by atoms with E-state index in [-0.39, 0.29) is 11.3 Å². The molecule has 0 spiro atoms. The van der Waals surface area contributed by atoms with Crippen LogP contribution in [0.25, 0.3) is 23.3 Å². The van der Waals surface area contributed by atoms with Crippen molar-refractivity contribution >= 4 is 28.1 Å². The van der Waals surface area contributed by atoms with Gasteiger partial charge in [0.05, 0.1) is 4.90 Å². The van der Waals surface area contributed by atoms with E-state index in [1.54, 1.807) is 36.4 Å². The quantitative estimate of drug-likeness (QED) is 0.286. The fourth-order valence-corrected chi connectivity index (χ4v) is 4.96. The van der Waals surface area contributed by atoms with Crippen molar-refractivity contribution in [1.29, 1.82) is 0 Å². The van der Waals surface area contributed by atoms with Crippen LogP contribution in [0.15, 0.2) is 108 Å². The first kappa shape index (κ1) is 25.1. The van der Waals surface area contributed by atoms with Gasteiger partial charge in [0.1, 0.15) is 6.04 Å². The molecule has 0 heterocycles. The molecule has 4 rings (SSSR count). The Morgan fingerprint density at radius 3 is 1.81 bits per heavy atom. The molecule has 0 aliphatic rings. The van der Waals surface area contributed by atoms with Gasteiger partial charge in [-0.1, -0.05) is 109 Å². The van der Waals surface area contributed by atoms with Crippen molar-refractivity contribution in [1.82, 2.24) is 4.72 Å². The zero-order valence-electron chi connectivity index (χ0n) is 19.8. The van der Waals surface area contributed by atoms with Gasteiger partial charge in [-0.25, -0.2) is 8.42 Å². The highest BCUT2D eigenvalue weighted by Gasteiger charge is 2.25. The van der Waals surface area contributed by atoms with Crippen LogP contribution in [0.4, 0.5) is 0 Å². The minimum absolute atomic E-state index is 0.0169. The molecule has 0 saturated carbocycles. The Morgan fingerprint density at radius 1 is 0.778 bits per heavy atom. The van der Waals surface area contributed by atoms with Crippen molar-refractivity contribution < 1.29 is 18.3 Å². The van der Waals surface area contributed by atoms with E-state index < -0.39 is 22.0 Å². The normalized spacial score (nSPS) is 12.5. The zero-order valence-corrected chi connectivity index (χ0v) is 20.7. The molecule has 1 atom stereocenters. The van der Waals surface area contributed by atoms with Crippen molar-refractivity contribution in [3.8, 4) is 11.1 Å². The second-order valence-corrected chi connectivity index (χ2v) is 10.3. The molecule has 0 aliphatic carbocycles. The van der Waals surface area contributed by atoms with Gasteiger partial charge in [-0.2, -0.15) is 4.72 Å². The number of sulfonamides is 1. The van der Waals surface area contributed by atoms with Gasteiger partial charge in [-0.3, -0.25) is 4.79 Å². The summed E-state index contributed by atoms with van der Waals surface area (Å²) in [7, 11) is -4.01. The number of hydrogen-bond donors (Lipinski definition) is 2. The van der Waals surface area contributed by atoms with Crippen LogP contribution in [0.5, 0.6) is 0 Å². The molecule has 182 valence electrons. The van der Waals surface area contributed by atoms with E-state index in [2.05, 4.69) is 42.0 Å².